The predicted molar refractivity (Wildman–Crippen MR) is 79.2 cm³/mol. The van der Waals surface area contributed by atoms with Crippen LogP contribution in [-0.4, -0.2) is 19.2 Å². The first kappa shape index (κ1) is 17.8. The van der Waals surface area contributed by atoms with Crippen molar-refractivity contribution in [3.05, 3.63) is 29.3 Å². The van der Waals surface area contributed by atoms with Gasteiger partial charge in [-0.15, -0.1) is 12.4 Å². The lowest BCUT2D eigenvalue weighted by Crippen LogP contribution is -2.07. The molecule has 0 aliphatic rings. The summed E-state index contributed by atoms with van der Waals surface area (Å²) in [6.07, 6.45) is 2.05. The maximum Gasteiger partial charge on any atom is 0.306 e. The van der Waals surface area contributed by atoms with Crippen LogP contribution in [0.2, 0.25) is 0 Å². The van der Waals surface area contributed by atoms with E-state index in [1.807, 2.05) is 32.0 Å². The summed E-state index contributed by atoms with van der Waals surface area (Å²) < 4.78 is 10.7. The minimum atomic E-state index is -0.152. The molecule has 1 rings (SSSR count). The highest BCUT2D eigenvalue weighted by Gasteiger charge is 2.09. The number of hydrogen-bond donors (Lipinski definition) is 0. The molecule has 3 nitrogen and oxygen atoms in total. The maximum atomic E-state index is 11.4. The fourth-order valence-corrected chi connectivity index (χ4v) is 1.79. The Hall–Kier alpha value is -1.22. The van der Waals surface area contributed by atoms with Gasteiger partial charge >= 0.3 is 5.97 Å². The van der Waals surface area contributed by atoms with Crippen molar-refractivity contribution in [1.29, 1.82) is 0 Å². The largest absolute Gasteiger partial charge is 0.493 e. The predicted octanol–water partition coefficient (Wildman–Crippen LogP) is 3.70. The minimum Gasteiger partial charge on any atom is -0.493 e. The fourth-order valence-electron chi connectivity index (χ4n) is 1.79. The zero-order valence-corrected chi connectivity index (χ0v) is 12.7. The van der Waals surface area contributed by atoms with Crippen LogP contribution in [0.5, 0.6) is 5.75 Å². The van der Waals surface area contributed by atoms with E-state index in [0.29, 0.717) is 26.1 Å². The highest BCUT2D eigenvalue weighted by atomic mass is 35.5. The van der Waals surface area contributed by atoms with Gasteiger partial charge in [-0.3, -0.25) is 4.79 Å². The Morgan fingerprint density at radius 1 is 1.26 bits per heavy atom. The van der Waals surface area contributed by atoms with Crippen LogP contribution in [0, 0.1) is 6.92 Å². The summed E-state index contributed by atoms with van der Waals surface area (Å²) >= 11 is 0. The Bertz CT molecular complexity index is 391. The Morgan fingerprint density at radius 2 is 2.00 bits per heavy atom. The van der Waals surface area contributed by atoms with Crippen LogP contribution in [0.1, 0.15) is 37.8 Å². The molecule has 19 heavy (non-hydrogen) atoms. The van der Waals surface area contributed by atoms with Crippen molar-refractivity contribution < 1.29 is 14.3 Å². The van der Waals surface area contributed by atoms with Crippen molar-refractivity contribution in [3.63, 3.8) is 0 Å². The average molecular weight is 287 g/mol. The number of esters is 1. The number of hydrogen-bond acceptors (Lipinski definition) is 3. The van der Waals surface area contributed by atoms with Gasteiger partial charge in [0.2, 0.25) is 0 Å². The number of halogens is 1. The van der Waals surface area contributed by atoms with Gasteiger partial charge in [0.05, 0.1) is 13.2 Å². The van der Waals surface area contributed by atoms with Gasteiger partial charge in [0.1, 0.15) is 5.75 Å². The van der Waals surface area contributed by atoms with Gasteiger partial charge in [0, 0.05) is 6.42 Å². The Balaban J connectivity index is 0.00000324. The van der Waals surface area contributed by atoms with E-state index in [9.17, 15) is 4.79 Å². The molecule has 1 aromatic carbocycles. The van der Waals surface area contributed by atoms with Gasteiger partial charge in [-0.25, -0.2) is 0 Å². The fraction of sp³-hybridized carbons (Fsp3) is 0.533. The zero-order valence-electron chi connectivity index (χ0n) is 11.9. The first-order valence-electron chi connectivity index (χ1n) is 6.56. The lowest BCUT2D eigenvalue weighted by atomic mass is 10.1. The quantitative estimate of drug-likeness (QED) is 0.717. The van der Waals surface area contributed by atoms with Crippen LogP contribution >= 0.6 is 12.4 Å². The number of carbonyl (C=O) groups excluding carboxylic acids is 1. The molecule has 0 aliphatic carbocycles. The van der Waals surface area contributed by atoms with Crippen LogP contribution in [0.15, 0.2) is 18.2 Å². The van der Waals surface area contributed by atoms with Gasteiger partial charge in [0.25, 0.3) is 0 Å². The summed E-state index contributed by atoms with van der Waals surface area (Å²) in [4.78, 5) is 11.4. The molecular weight excluding hydrogens is 264 g/mol. The van der Waals surface area contributed by atoms with Crippen LogP contribution < -0.4 is 4.74 Å². The summed E-state index contributed by atoms with van der Waals surface area (Å²) in [5.41, 5.74) is 2.20. The molecule has 0 atom stereocenters. The molecule has 0 radical (unpaired) electrons. The molecule has 1 aromatic rings. The van der Waals surface area contributed by atoms with Crippen LogP contribution in [0.4, 0.5) is 0 Å². The molecule has 0 fully saturated rings. The van der Waals surface area contributed by atoms with Crippen molar-refractivity contribution in [2.45, 2.75) is 40.0 Å². The third-order valence-electron chi connectivity index (χ3n) is 2.65. The van der Waals surface area contributed by atoms with Crippen molar-refractivity contribution in [2.75, 3.05) is 13.2 Å². The third kappa shape index (κ3) is 5.97. The molecule has 0 aromatic heterocycles. The number of aryl methyl sites for hydroxylation is 2. The Morgan fingerprint density at radius 3 is 2.63 bits per heavy atom. The number of carbonyl (C=O) groups is 1. The highest BCUT2D eigenvalue weighted by Crippen LogP contribution is 2.25. The molecule has 4 heteroatoms. The van der Waals surface area contributed by atoms with E-state index in [1.165, 1.54) is 0 Å². The summed E-state index contributed by atoms with van der Waals surface area (Å²) in [5.74, 6) is 0.768. The molecule has 0 saturated carbocycles. The SMILES string of the molecule is CCCOc1c(C)cccc1CCC(=O)OCC.Cl. The van der Waals surface area contributed by atoms with Gasteiger partial charge in [-0.1, -0.05) is 25.1 Å². The molecular formula is C15H23ClO3. The second-order valence-corrected chi connectivity index (χ2v) is 4.22. The molecule has 108 valence electrons. The minimum absolute atomic E-state index is 0. The second-order valence-electron chi connectivity index (χ2n) is 4.22. The highest BCUT2D eigenvalue weighted by molar-refractivity contribution is 5.85. The number of ether oxygens (including phenoxy) is 2. The zero-order chi connectivity index (χ0) is 13.4. The van der Waals surface area contributed by atoms with Crippen molar-refractivity contribution in [1.82, 2.24) is 0 Å². The lowest BCUT2D eigenvalue weighted by molar-refractivity contribution is -0.143. The number of benzene rings is 1. The smallest absolute Gasteiger partial charge is 0.306 e. The van der Waals surface area contributed by atoms with Crippen LogP contribution in [0.25, 0.3) is 0 Å². The molecule has 0 aliphatic heterocycles. The van der Waals surface area contributed by atoms with Crippen LogP contribution in [-0.2, 0) is 16.0 Å². The van der Waals surface area contributed by atoms with E-state index in [-0.39, 0.29) is 18.4 Å². The second kappa shape index (κ2) is 9.68. The molecule has 0 heterocycles. The first-order valence-corrected chi connectivity index (χ1v) is 6.56. The number of rotatable bonds is 7. The number of para-hydroxylation sites is 1. The van der Waals surface area contributed by atoms with E-state index in [4.69, 9.17) is 9.47 Å². The molecule has 0 N–H and O–H groups in total. The summed E-state index contributed by atoms with van der Waals surface area (Å²) in [5, 5.41) is 0. The normalized spacial score (nSPS) is 9.63. The summed E-state index contributed by atoms with van der Waals surface area (Å²) in [6, 6.07) is 6.03. The van der Waals surface area contributed by atoms with E-state index < -0.39 is 0 Å². The average Bonchev–Trinajstić information content (AvgIpc) is 2.35. The van der Waals surface area contributed by atoms with Gasteiger partial charge < -0.3 is 9.47 Å². The van der Waals surface area contributed by atoms with E-state index >= 15 is 0 Å². The van der Waals surface area contributed by atoms with Crippen molar-refractivity contribution in [2.24, 2.45) is 0 Å². The molecule has 0 amide bonds. The Labute approximate surface area is 121 Å². The molecule has 0 spiro atoms. The maximum absolute atomic E-state index is 11.4. The lowest BCUT2D eigenvalue weighted by Gasteiger charge is -2.13. The van der Waals surface area contributed by atoms with Gasteiger partial charge in [-0.05, 0) is 37.8 Å². The van der Waals surface area contributed by atoms with Gasteiger partial charge in [0.15, 0.2) is 0 Å². The van der Waals surface area contributed by atoms with E-state index in [1.54, 1.807) is 0 Å². The van der Waals surface area contributed by atoms with Gasteiger partial charge in [-0.2, -0.15) is 0 Å². The van der Waals surface area contributed by atoms with E-state index in [0.717, 1.165) is 23.3 Å². The summed E-state index contributed by atoms with van der Waals surface area (Å²) in [6.45, 7) is 7.07. The molecule has 0 unspecified atom stereocenters. The summed E-state index contributed by atoms with van der Waals surface area (Å²) in [7, 11) is 0. The molecule has 0 saturated heterocycles. The van der Waals surface area contributed by atoms with Crippen molar-refractivity contribution in [3.8, 4) is 5.75 Å². The van der Waals surface area contributed by atoms with Crippen LogP contribution in [0.3, 0.4) is 0 Å². The third-order valence-corrected chi connectivity index (χ3v) is 2.65. The van der Waals surface area contributed by atoms with E-state index in [2.05, 4.69) is 6.92 Å². The first-order chi connectivity index (χ1) is 8.69. The monoisotopic (exact) mass is 286 g/mol. The standard InChI is InChI=1S/C15H22O3.ClH/c1-4-11-18-15-12(3)7-6-8-13(15)9-10-14(16)17-5-2;/h6-8H,4-5,9-11H2,1-3H3;1H. The Kier molecular flexibility index (Phi) is 9.06. The molecule has 0 bridgehead atoms. The van der Waals surface area contributed by atoms with Crippen molar-refractivity contribution >= 4 is 18.4 Å². The topological polar surface area (TPSA) is 35.5 Å².